The average Bonchev–Trinajstić information content (AvgIpc) is 2.80. The van der Waals surface area contributed by atoms with Crippen LogP contribution in [0, 0.1) is 0 Å². The molecule has 0 amide bonds. The van der Waals surface area contributed by atoms with Crippen molar-refractivity contribution in [2.24, 2.45) is 0 Å². The number of rotatable bonds is 2. The van der Waals surface area contributed by atoms with Gasteiger partial charge in [0.2, 0.25) is 0 Å². The summed E-state index contributed by atoms with van der Waals surface area (Å²) >= 11 is 0. The van der Waals surface area contributed by atoms with E-state index >= 15 is 0 Å². The molecule has 0 unspecified atom stereocenters. The van der Waals surface area contributed by atoms with E-state index in [1.807, 2.05) is 0 Å². The lowest BCUT2D eigenvalue weighted by Gasteiger charge is -2.16. The molecule has 1 aromatic carbocycles. The molecule has 5 heteroatoms. The molecule has 0 radical (unpaired) electrons. The summed E-state index contributed by atoms with van der Waals surface area (Å²) in [6.07, 6.45) is -1.01. The second-order valence-electron chi connectivity index (χ2n) is 4.59. The van der Waals surface area contributed by atoms with Crippen molar-refractivity contribution in [3.05, 3.63) is 34.9 Å². The van der Waals surface area contributed by atoms with Gasteiger partial charge in [-0.15, -0.1) is 0 Å². The number of carboxylic acids is 1. The summed E-state index contributed by atoms with van der Waals surface area (Å²) in [6.45, 7) is 0. The molecular formula is C13H13F3O2. The molecule has 2 rings (SSSR count). The van der Waals surface area contributed by atoms with Crippen LogP contribution in [0.15, 0.2) is 18.2 Å². The number of halogens is 3. The highest BCUT2D eigenvalue weighted by Crippen LogP contribution is 2.39. The van der Waals surface area contributed by atoms with E-state index < -0.39 is 17.7 Å². The van der Waals surface area contributed by atoms with Crippen LogP contribution in [0.1, 0.15) is 53.1 Å². The normalized spacial score (nSPS) is 17.1. The molecular weight excluding hydrogens is 245 g/mol. The summed E-state index contributed by atoms with van der Waals surface area (Å²) in [6, 6.07) is 2.90. The fourth-order valence-corrected chi connectivity index (χ4v) is 2.51. The number of hydrogen-bond donors (Lipinski definition) is 1. The Morgan fingerprint density at radius 2 is 1.83 bits per heavy atom. The maximum atomic E-state index is 12.6. The number of benzene rings is 1. The minimum Gasteiger partial charge on any atom is -0.478 e. The molecule has 1 aliphatic carbocycles. The van der Waals surface area contributed by atoms with Gasteiger partial charge in [-0.1, -0.05) is 12.8 Å². The summed E-state index contributed by atoms with van der Waals surface area (Å²) < 4.78 is 37.9. The molecule has 0 atom stereocenters. The van der Waals surface area contributed by atoms with Gasteiger partial charge in [-0.25, -0.2) is 4.79 Å². The number of carboxylic acid groups (broad SMARTS) is 1. The lowest BCUT2D eigenvalue weighted by atomic mass is 9.91. The largest absolute Gasteiger partial charge is 0.478 e. The molecule has 0 aliphatic heterocycles. The molecule has 1 fully saturated rings. The van der Waals surface area contributed by atoms with Gasteiger partial charge in [-0.3, -0.25) is 0 Å². The monoisotopic (exact) mass is 258 g/mol. The molecule has 0 bridgehead atoms. The fraction of sp³-hybridized carbons (Fsp3) is 0.462. The van der Waals surface area contributed by atoms with E-state index in [0.29, 0.717) is 5.56 Å². The lowest BCUT2D eigenvalue weighted by molar-refractivity contribution is -0.137. The van der Waals surface area contributed by atoms with Crippen molar-refractivity contribution in [3.8, 4) is 0 Å². The zero-order valence-corrected chi connectivity index (χ0v) is 9.63. The molecule has 98 valence electrons. The molecule has 1 aromatic rings. The predicted molar refractivity (Wildman–Crippen MR) is 59.6 cm³/mol. The van der Waals surface area contributed by atoms with Gasteiger partial charge in [-0.05, 0) is 42.5 Å². The van der Waals surface area contributed by atoms with Gasteiger partial charge >= 0.3 is 12.1 Å². The second-order valence-corrected chi connectivity index (χ2v) is 4.59. The summed E-state index contributed by atoms with van der Waals surface area (Å²) in [5.74, 6) is -1.22. The minimum atomic E-state index is -4.43. The van der Waals surface area contributed by atoms with Gasteiger partial charge in [0, 0.05) is 0 Å². The Morgan fingerprint density at radius 1 is 1.22 bits per heavy atom. The van der Waals surface area contributed by atoms with Crippen LogP contribution in [0.3, 0.4) is 0 Å². The van der Waals surface area contributed by atoms with Crippen LogP contribution < -0.4 is 0 Å². The smallest absolute Gasteiger partial charge is 0.416 e. The standard InChI is InChI=1S/C13H13F3O2/c14-13(15,16)9-5-6-10(12(17)18)11(7-9)8-3-1-2-4-8/h5-8H,1-4H2,(H,17,18). The first-order valence-corrected chi connectivity index (χ1v) is 5.84. The van der Waals surface area contributed by atoms with Crippen LogP contribution in [0.4, 0.5) is 13.2 Å². The van der Waals surface area contributed by atoms with E-state index in [0.717, 1.165) is 43.9 Å². The van der Waals surface area contributed by atoms with Gasteiger partial charge in [0.1, 0.15) is 0 Å². The Balaban J connectivity index is 2.47. The molecule has 1 N–H and O–H groups in total. The van der Waals surface area contributed by atoms with Gasteiger partial charge in [-0.2, -0.15) is 13.2 Å². The zero-order valence-electron chi connectivity index (χ0n) is 9.63. The summed E-state index contributed by atoms with van der Waals surface area (Å²) in [7, 11) is 0. The van der Waals surface area contributed by atoms with Gasteiger partial charge < -0.3 is 5.11 Å². The molecule has 0 saturated heterocycles. The number of alkyl halides is 3. The van der Waals surface area contributed by atoms with Crippen molar-refractivity contribution in [2.75, 3.05) is 0 Å². The van der Waals surface area contributed by atoms with E-state index in [4.69, 9.17) is 5.11 Å². The highest BCUT2D eigenvalue weighted by molar-refractivity contribution is 5.89. The Hall–Kier alpha value is -1.52. The molecule has 0 heterocycles. The third-order valence-corrected chi connectivity index (χ3v) is 3.40. The van der Waals surface area contributed by atoms with Crippen molar-refractivity contribution >= 4 is 5.97 Å². The molecule has 1 saturated carbocycles. The van der Waals surface area contributed by atoms with E-state index in [2.05, 4.69) is 0 Å². The highest BCUT2D eigenvalue weighted by Gasteiger charge is 2.33. The van der Waals surface area contributed by atoms with Crippen LogP contribution in [0.5, 0.6) is 0 Å². The van der Waals surface area contributed by atoms with E-state index in [1.165, 1.54) is 0 Å². The van der Waals surface area contributed by atoms with E-state index in [-0.39, 0.29) is 11.5 Å². The van der Waals surface area contributed by atoms with Crippen LogP contribution in [0.2, 0.25) is 0 Å². The molecule has 0 aromatic heterocycles. The van der Waals surface area contributed by atoms with Crippen LogP contribution >= 0.6 is 0 Å². The summed E-state index contributed by atoms with van der Waals surface area (Å²) in [5, 5.41) is 9.04. The SMILES string of the molecule is O=C(O)c1ccc(C(F)(F)F)cc1C1CCCC1. The second kappa shape index (κ2) is 4.63. The minimum absolute atomic E-state index is 0.00472. The fourth-order valence-electron chi connectivity index (χ4n) is 2.51. The number of hydrogen-bond acceptors (Lipinski definition) is 1. The van der Waals surface area contributed by atoms with Crippen LogP contribution in [0.25, 0.3) is 0 Å². The van der Waals surface area contributed by atoms with Crippen LogP contribution in [-0.2, 0) is 6.18 Å². The average molecular weight is 258 g/mol. The molecule has 1 aliphatic rings. The Labute approximate surface area is 102 Å². The molecule has 18 heavy (non-hydrogen) atoms. The third kappa shape index (κ3) is 2.49. The van der Waals surface area contributed by atoms with Crippen molar-refractivity contribution in [1.82, 2.24) is 0 Å². The first-order chi connectivity index (χ1) is 8.39. The van der Waals surface area contributed by atoms with Crippen molar-refractivity contribution in [3.63, 3.8) is 0 Å². The van der Waals surface area contributed by atoms with Crippen molar-refractivity contribution < 1.29 is 23.1 Å². The first kappa shape index (κ1) is 12.9. The lowest BCUT2D eigenvalue weighted by Crippen LogP contribution is -2.11. The number of carbonyl (C=O) groups is 1. The van der Waals surface area contributed by atoms with Crippen molar-refractivity contribution in [1.29, 1.82) is 0 Å². The summed E-state index contributed by atoms with van der Waals surface area (Å²) in [5.41, 5.74) is -0.445. The zero-order chi connectivity index (χ0) is 13.3. The van der Waals surface area contributed by atoms with Gasteiger partial charge in [0.25, 0.3) is 0 Å². The maximum absolute atomic E-state index is 12.6. The molecule has 2 nitrogen and oxygen atoms in total. The highest BCUT2D eigenvalue weighted by atomic mass is 19.4. The quantitative estimate of drug-likeness (QED) is 0.868. The Morgan fingerprint density at radius 3 is 2.33 bits per heavy atom. The van der Waals surface area contributed by atoms with E-state index in [9.17, 15) is 18.0 Å². The Bertz CT molecular complexity index is 460. The van der Waals surface area contributed by atoms with Crippen molar-refractivity contribution in [2.45, 2.75) is 37.8 Å². The third-order valence-electron chi connectivity index (χ3n) is 3.40. The van der Waals surface area contributed by atoms with E-state index in [1.54, 1.807) is 0 Å². The maximum Gasteiger partial charge on any atom is 0.416 e. The Kier molecular flexibility index (Phi) is 3.32. The topological polar surface area (TPSA) is 37.3 Å². The van der Waals surface area contributed by atoms with Gasteiger partial charge in [0.05, 0.1) is 11.1 Å². The number of aromatic carboxylic acids is 1. The predicted octanol–water partition coefficient (Wildman–Crippen LogP) is 4.06. The van der Waals surface area contributed by atoms with Gasteiger partial charge in [0.15, 0.2) is 0 Å². The first-order valence-electron chi connectivity index (χ1n) is 5.84. The molecule has 0 spiro atoms. The van der Waals surface area contributed by atoms with Crippen LogP contribution in [-0.4, -0.2) is 11.1 Å². The summed E-state index contributed by atoms with van der Waals surface area (Å²) in [4.78, 5) is 11.1.